The summed E-state index contributed by atoms with van der Waals surface area (Å²) < 4.78 is 5.55. The van der Waals surface area contributed by atoms with Crippen LogP contribution in [0.25, 0.3) is 6.08 Å². The van der Waals surface area contributed by atoms with Crippen molar-refractivity contribution in [3.8, 4) is 5.75 Å². The predicted octanol–water partition coefficient (Wildman–Crippen LogP) is 1.75. The first kappa shape index (κ1) is 13.5. The normalized spacial score (nSPS) is 17.2. The molecule has 3 rings (SSSR count). The fourth-order valence-corrected chi connectivity index (χ4v) is 2.24. The molecule has 5 nitrogen and oxygen atoms in total. The Bertz CT molecular complexity index is 722. The van der Waals surface area contributed by atoms with Crippen molar-refractivity contribution in [2.24, 2.45) is 0 Å². The van der Waals surface area contributed by atoms with Crippen LogP contribution in [0.4, 0.5) is 5.69 Å². The molecule has 21 heavy (non-hydrogen) atoms. The standard InChI is InChI=1S/C16H13NO4/c18-16-12(10-21-15-7-2-1-6-14(15)16)8-11-4-3-5-13(9-11)17(19)20/h1-9,17,19H,10H2/b12-8-. The quantitative estimate of drug-likeness (QED) is 0.650. The minimum Gasteiger partial charge on any atom is -0.595 e. The van der Waals surface area contributed by atoms with Gasteiger partial charge in [0.15, 0.2) is 11.5 Å². The molecule has 0 fully saturated rings. The van der Waals surface area contributed by atoms with Crippen LogP contribution in [0, 0.1) is 5.21 Å². The molecule has 2 aromatic rings. The third-order valence-electron chi connectivity index (χ3n) is 3.28. The largest absolute Gasteiger partial charge is 0.595 e. The van der Waals surface area contributed by atoms with E-state index in [2.05, 4.69) is 0 Å². The molecule has 106 valence electrons. The molecule has 0 radical (unpaired) electrons. The average molecular weight is 283 g/mol. The lowest BCUT2D eigenvalue weighted by Crippen LogP contribution is -2.99. The van der Waals surface area contributed by atoms with Crippen molar-refractivity contribution in [1.29, 1.82) is 0 Å². The summed E-state index contributed by atoms with van der Waals surface area (Å²) in [5, 5.41) is 19.0. The van der Waals surface area contributed by atoms with Gasteiger partial charge < -0.3 is 9.94 Å². The molecule has 1 aliphatic heterocycles. The summed E-state index contributed by atoms with van der Waals surface area (Å²) in [5.74, 6) is 0.497. The van der Waals surface area contributed by atoms with E-state index in [1.165, 1.54) is 12.1 Å². The lowest BCUT2D eigenvalue weighted by Gasteiger charge is -2.18. The van der Waals surface area contributed by atoms with Gasteiger partial charge in [0.1, 0.15) is 12.4 Å². The highest BCUT2D eigenvalue weighted by atomic mass is 16.8. The Kier molecular flexibility index (Phi) is 3.53. The van der Waals surface area contributed by atoms with E-state index in [-0.39, 0.29) is 18.1 Å². The Morgan fingerprint density at radius 2 is 2.00 bits per heavy atom. The van der Waals surface area contributed by atoms with Crippen LogP contribution in [0.3, 0.4) is 0 Å². The molecule has 1 atom stereocenters. The fraction of sp³-hybridized carbons (Fsp3) is 0.0625. The van der Waals surface area contributed by atoms with E-state index >= 15 is 0 Å². The van der Waals surface area contributed by atoms with Gasteiger partial charge in [-0.3, -0.25) is 4.79 Å². The maximum atomic E-state index is 12.4. The van der Waals surface area contributed by atoms with E-state index in [9.17, 15) is 10.0 Å². The van der Waals surface area contributed by atoms with Gasteiger partial charge in [-0.25, -0.2) is 5.21 Å². The van der Waals surface area contributed by atoms with Crippen LogP contribution < -0.4 is 9.96 Å². The SMILES string of the molecule is O=C1/C(=C\c2cccc([NH+]([O-])O)c2)COc2ccccc21. The molecular formula is C16H13NO4. The molecule has 5 heteroatoms. The first-order valence-electron chi connectivity index (χ1n) is 6.45. The molecule has 0 saturated heterocycles. The van der Waals surface area contributed by atoms with Crippen molar-refractivity contribution in [2.75, 3.05) is 6.61 Å². The third-order valence-corrected chi connectivity index (χ3v) is 3.28. The van der Waals surface area contributed by atoms with Crippen LogP contribution >= 0.6 is 0 Å². The maximum absolute atomic E-state index is 12.4. The zero-order chi connectivity index (χ0) is 14.8. The number of ketones is 1. The number of hydrogen-bond donors (Lipinski definition) is 2. The molecule has 2 N–H and O–H groups in total. The number of quaternary nitrogens is 1. The lowest BCUT2D eigenvalue weighted by atomic mass is 9.98. The van der Waals surface area contributed by atoms with E-state index in [0.717, 1.165) is 0 Å². The lowest BCUT2D eigenvalue weighted by molar-refractivity contribution is -0.991. The van der Waals surface area contributed by atoms with Crippen LogP contribution in [0.1, 0.15) is 15.9 Å². The highest BCUT2D eigenvalue weighted by Gasteiger charge is 2.22. The summed E-state index contributed by atoms with van der Waals surface area (Å²) in [6.07, 6.45) is 1.67. The predicted molar refractivity (Wildman–Crippen MR) is 76.5 cm³/mol. The molecule has 0 amide bonds. The number of para-hydroxylation sites is 1. The minimum absolute atomic E-state index is 0.0856. The molecular weight excluding hydrogens is 270 g/mol. The molecule has 0 saturated carbocycles. The Morgan fingerprint density at radius 3 is 2.81 bits per heavy atom. The average Bonchev–Trinajstić information content (AvgIpc) is 2.51. The van der Waals surface area contributed by atoms with E-state index in [0.29, 0.717) is 22.4 Å². The van der Waals surface area contributed by atoms with Gasteiger partial charge in [0.2, 0.25) is 0 Å². The number of benzene rings is 2. The topological polar surface area (TPSA) is 74.0 Å². The van der Waals surface area contributed by atoms with E-state index in [1.54, 1.807) is 36.4 Å². The second-order valence-corrected chi connectivity index (χ2v) is 4.71. The van der Waals surface area contributed by atoms with Crippen LogP contribution in [0.5, 0.6) is 5.75 Å². The molecule has 0 aromatic heterocycles. The fourth-order valence-electron chi connectivity index (χ4n) is 2.24. The number of carbonyl (C=O) groups excluding carboxylic acids is 1. The summed E-state index contributed by atoms with van der Waals surface area (Å²) in [5.41, 5.74) is 1.90. The van der Waals surface area contributed by atoms with E-state index in [1.807, 2.05) is 6.07 Å². The second-order valence-electron chi connectivity index (χ2n) is 4.71. The van der Waals surface area contributed by atoms with Crippen molar-refractivity contribution in [2.45, 2.75) is 0 Å². The van der Waals surface area contributed by atoms with Crippen LogP contribution in [0.2, 0.25) is 0 Å². The second kappa shape index (κ2) is 5.49. The number of nitrogens with one attached hydrogen (secondary N) is 1. The number of carbonyl (C=O) groups is 1. The van der Waals surface area contributed by atoms with Gasteiger partial charge in [0.25, 0.3) is 0 Å². The van der Waals surface area contributed by atoms with Crippen LogP contribution in [0.15, 0.2) is 54.1 Å². The maximum Gasteiger partial charge on any atom is 0.196 e. The van der Waals surface area contributed by atoms with Gasteiger partial charge in [-0.05, 0) is 23.8 Å². The molecule has 1 aliphatic rings. The van der Waals surface area contributed by atoms with Crippen molar-refractivity contribution >= 4 is 17.5 Å². The van der Waals surface area contributed by atoms with Gasteiger partial charge >= 0.3 is 0 Å². The molecule has 1 unspecified atom stereocenters. The molecule has 2 aromatic carbocycles. The zero-order valence-electron chi connectivity index (χ0n) is 11.1. The van der Waals surface area contributed by atoms with Gasteiger partial charge in [0.05, 0.1) is 5.56 Å². The monoisotopic (exact) mass is 283 g/mol. The molecule has 0 aliphatic carbocycles. The number of rotatable bonds is 2. The molecule has 0 spiro atoms. The van der Waals surface area contributed by atoms with Gasteiger partial charge in [0, 0.05) is 17.7 Å². The number of hydrogen-bond acceptors (Lipinski definition) is 4. The molecule has 1 heterocycles. The number of fused-ring (bicyclic) bond motifs is 1. The Balaban J connectivity index is 1.95. The summed E-state index contributed by atoms with van der Waals surface area (Å²) in [6.45, 7) is 0.188. The summed E-state index contributed by atoms with van der Waals surface area (Å²) in [4.78, 5) is 12.4. The highest BCUT2D eigenvalue weighted by molar-refractivity contribution is 6.14. The van der Waals surface area contributed by atoms with Crippen molar-refractivity contribution in [3.05, 3.63) is 70.4 Å². The Morgan fingerprint density at radius 1 is 1.19 bits per heavy atom. The Hall–Kier alpha value is -2.47. The van der Waals surface area contributed by atoms with Crippen molar-refractivity contribution in [3.63, 3.8) is 0 Å². The van der Waals surface area contributed by atoms with E-state index < -0.39 is 5.23 Å². The summed E-state index contributed by atoms with van der Waals surface area (Å²) >= 11 is 0. The molecule has 0 bridgehead atoms. The summed E-state index contributed by atoms with van der Waals surface area (Å²) in [6, 6.07) is 13.5. The first-order chi connectivity index (χ1) is 10.1. The highest BCUT2D eigenvalue weighted by Crippen LogP contribution is 2.27. The van der Waals surface area contributed by atoms with Crippen molar-refractivity contribution in [1.82, 2.24) is 0 Å². The minimum atomic E-state index is -0.994. The summed E-state index contributed by atoms with van der Waals surface area (Å²) in [7, 11) is 0. The number of ether oxygens (including phenoxy) is 1. The third kappa shape index (κ3) is 2.71. The van der Waals surface area contributed by atoms with E-state index in [4.69, 9.17) is 9.94 Å². The smallest absolute Gasteiger partial charge is 0.196 e. The van der Waals surface area contributed by atoms with Gasteiger partial charge in [-0.15, -0.1) is 0 Å². The zero-order valence-corrected chi connectivity index (χ0v) is 11.1. The van der Waals surface area contributed by atoms with Gasteiger partial charge in [-0.2, -0.15) is 5.23 Å². The van der Waals surface area contributed by atoms with Crippen molar-refractivity contribution < 1.29 is 20.0 Å². The van der Waals surface area contributed by atoms with Crippen LogP contribution in [-0.2, 0) is 0 Å². The number of Topliss-reactive ketones (excluding diaryl/α,β-unsaturated/α-hetero) is 1. The first-order valence-corrected chi connectivity index (χ1v) is 6.45. The van der Waals surface area contributed by atoms with Gasteiger partial charge in [-0.1, -0.05) is 24.3 Å². The Labute approximate surface area is 121 Å². The van der Waals surface area contributed by atoms with Crippen LogP contribution in [-0.4, -0.2) is 17.6 Å².